The number of allylic oxidation sites excluding steroid dienone is 3. The SMILES string of the molecule is [CH-]=CC1=CCCCC1.[Zn+][Br]. The number of hydrogen-bond donors (Lipinski definition) is 0. The molecule has 0 unspecified atom stereocenters. The third-order valence-electron chi connectivity index (χ3n) is 1.54. The molecule has 0 aromatic heterocycles. The van der Waals surface area contributed by atoms with E-state index in [1.165, 1.54) is 47.6 Å². The van der Waals surface area contributed by atoms with Crippen molar-refractivity contribution in [3.63, 3.8) is 0 Å². The van der Waals surface area contributed by atoms with E-state index < -0.39 is 0 Å². The van der Waals surface area contributed by atoms with Gasteiger partial charge < -0.3 is 0 Å². The van der Waals surface area contributed by atoms with Crippen LogP contribution in [0.4, 0.5) is 0 Å². The fourth-order valence-electron chi connectivity index (χ4n) is 1.01. The van der Waals surface area contributed by atoms with Crippen LogP contribution in [0.15, 0.2) is 17.7 Å². The Morgan fingerprint density at radius 2 is 2.20 bits per heavy atom. The van der Waals surface area contributed by atoms with Crippen LogP contribution >= 0.6 is 13.6 Å². The molecule has 1 aliphatic rings. The third-order valence-corrected chi connectivity index (χ3v) is 1.54. The Hall–Kier alpha value is 0.583. The quantitative estimate of drug-likeness (QED) is 0.496. The summed E-state index contributed by atoms with van der Waals surface area (Å²) in [5, 5.41) is 0. The van der Waals surface area contributed by atoms with Crippen LogP contribution in [-0.4, -0.2) is 0 Å². The van der Waals surface area contributed by atoms with Crippen molar-refractivity contribution in [2.24, 2.45) is 0 Å². The van der Waals surface area contributed by atoms with E-state index in [9.17, 15) is 0 Å². The van der Waals surface area contributed by atoms with Gasteiger partial charge in [0.25, 0.3) is 0 Å². The van der Waals surface area contributed by atoms with Crippen LogP contribution in [0, 0.1) is 6.58 Å². The monoisotopic (exact) mass is 250 g/mol. The Kier molecular flexibility index (Phi) is 8.14. The molecule has 0 nitrogen and oxygen atoms in total. The molecule has 0 aliphatic heterocycles. The predicted octanol–water partition coefficient (Wildman–Crippen LogP) is 3.32. The van der Waals surface area contributed by atoms with Crippen LogP contribution < -0.4 is 0 Å². The molecule has 0 atom stereocenters. The fourth-order valence-corrected chi connectivity index (χ4v) is 1.01. The Morgan fingerprint density at radius 3 is 2.50 bits per heavy atom. The van der Waals surface area contributed by atoms with Gasteiger partial charge in [0.15, 0.2) is 0 Å². The van der Waals surface area contributed by atoms with E-state index in [1.54, 1.807) is 6.08 Å². The van der Waals surface area contributed by atoms with Crippen molar-refractivity contribution in [2.45, 2.75) is 25.7 Å². The Bertz CT molecular complexity index is 118. The third kappa shape index (κ3) is 4.41. The van der Waals surface area contributed by atoms with Crippen molar-refractivity contribution in [1.82, 2.24) is 0 Å². The van der Waals surface area contributed by atoms with E-state index in [0.29, 0.717) is 0 Å². The average Bonchev–Trinajstić information content (AvgIpc) is 2.10. The van der Waals surface area contributed by atoms with E-state index in [4.69, 9.17) is 6.58 Å². The van der Waals surface area contributed by atoms with E-state index in [2.05, 4.69) is 19.7 Å². The molecule has 0 fully saturated rings. The van der Waals surface area contributed by atoms with Gasteiger partial charge in [0, 0.05) is 0 Å². The summed E-state index contributed by atoms with van der Waals surface area (Å²) in [6, 6.07) is 0. The summed E-state index contributed by atoms with van der Waals surface area (Å²) in [5.74, 6) is 0. The molecule has 1 rings (SSSR count). The van der Waals surface area contributed by atoms with E-state index in [0.717, 1.165) is 0 Å². The first kappa shape index (κ1) is 10.6. The van der Waals surface area contributed by atoms with Crippen LogP contribution in [-0.2, 0) is 16.3 Å². The second kappa shape index (κ2) is 7.69. The van der Waals surface area contributed by atoms with Crippen molar-refractivity contribution < 1.29 is 16.3 Å². The second-order valence-electron chi connectivity index (χ2n) is 2.19. The van der Waals surface area contributed by atoms with Crippen LogP contribution in [0.25, 0.3) is 0 Å². The van der Waals surface area contributed by atoms with E-state index in [1.807, 2.05) is 0 Å². The van der Waals surface area contributed by atoms with Gasteiger partial charge in [0.2, 0.25) is 0 Å². The summed E-state index contributed by atoms with van der Waals surface area (Å²) < 4.78 is 0. The van der Waals surface area contributed by atoms with Crippen LogP contribution in [0.3, 0.4) is 0 Å². The van der Waals surface area contributed by atoms with Crippen LogP contribution in [0.2, 0.25) is 0 Å². The van der Waals surface area contributed by atoms with Gasteiger partial charge >= 0.3 is 30.0 Å². The first-order chi connectivity index (χ1) is 4.93. The summed E-state index contributed by atoms with van der Waals surface area (Å²) in [6.07, 6.45) is 9.03. The summed E-state index contributed by atoms with van der Waals surface area (Å²) in [7, 11) is 0. The number of hydrogen-bond acceptors (Lipinski definition) is 0. The van der Waals surface area contributed by atoms with Crippen molar-refractivity contribution in [2.75, 3.05) is 0 Å². The van der Waals surface area contributed by atoms with Gasteiger partial charge in [-0.05, 0) is 0 Å². The molecule has 2 heteroatoms. The molecule has 0 aromatic carbocycles. The molecule has 1 aliphatic carbocycles. The molecule has 0 bridgehead atoms. The zero-order valence-electron chi connectivity index (χ0n) is 6.15. The Labute approximate surface area is 79.8 Å². The molecule has 0 amide bonds. The average molecular weight is 252 g/mol. The van der Waals surface area contributed by atoms with Crippen molar-refractivity contribution >= 4 is 13.6 Å². The van der Waals surface area contributed by atoms with Crippen molar-refractivity contribution in [3.8, 4) is 0 Å². The van der Waals surface area contributed by atoms with Gasteiger partial charge in [0.1, 0.15) is 0 Å². The first-order valence-corrected chi connectivity index (χ1v) is 10.4. The van der Waals surface area contributed by atoms with E-state index in [-0.39, 0.29) is 0 Å². The van der Waals surface area contributed by atoms with Crippen LogP contribution in [0.5, 0.6) is 0 Å². The van der Waals surface area contributed by atoms with Gasteiger partial charge in [-0.1, -0.05) is 25.7 Å². The van der Waals surface area contributed by atoms with Crippen molar-refractivity contribution in [3.05, 3.63) is 24.3 Å². The fraction of sp³-hybridized carbons (Fsp3) is 0.500. The Morgan fingerprint density at radius 1 is 1.50 bits per heavy atom. The van der Waals surface area contributed by atoms with Gasteiger partial charge in [-0.25, -0.2) is 11.6 Å². The molecule has 0 heterocycles. The summed E-state index contributed by atoms with van der Waals surface area (Å²) in [6.45, 7) is 5.31. The van der Waals surface area contributed by atoms with Crippen LogP contribution in [0.1, 0.15) is 25.7 Å². The molecular formula is C8H11BrZn. The molecule has 0 saturated heterocycles. The molecule has 0 N–H and O–H groups in total. The second-order valence-corrected chi connectivity index (χ2v) is 2.19. The summed E-state index contributed by atoms with van der Waals surface area (Å²) in [5.41, 5.74) is 1.33. The molecule has 0 spiro atoms. The minimum atomic E-state index is 1.19. The van der Waals surface area contributed by atoms with Gasteiger partial charge in [-0.15, -0.1) is 0 Å². The maximum absolute atomic E-state index is 5.31. The molecule has 52 valence electrons. The first-order valence-electron chi connectivity index (χ1n) is 3.44. The zero-order valence-corrected chi connectivity index (χ0v) is 10.7. The summed E-state index contributed by atoms with van der Waals surface area (Å²) in [4.78, 5) is 0. The molecule has 0 saturated carbocycles. The molecule has 0 radical (unpaired) electrons. The van der Waals surface area contributed by atoms with E-state index >= 15 is 0 Å². The normalized spacial score (nSPS) is 16.5. The molecule has 0 aromatic rings. The Balaban J connectivity index is 0.000000371. The minimum absolute atomic E-state index is 1.19. The topological polar surface area (TPSA) is 0 Å². The molecular weight excluding hydrogens is 241 g/mol. The number of rotatable bonds is 1. The van der Waals surface area contributed by atoms with Gasteiger partial charge in [-0.3, -0.25) is 6.58 Å². The van der Waals surface area contributed by atoms with Gasteiger partial charge in [0.05, 0.1) is 0 Å². The molecule has 10 heavy (non-hydrogen) atoms. The zero-order chi connectivity index (χ0) is 7.82. The van der Waals surface area contributed by atoms with Gasteiger partial charge in [-0.2, -0.15) is 6.08 Å². The predicted molar refractivity (Wildman–Crippen MR) is 44.3 cm³/mol. The van der Waals surface area contributed by atoms with Crippen molar-refractivity contribution in [1.29, 1.82) is 0 Å². The number of halogens is 1. The summed E-state index contributed by atoms with van der Waals surface area (Å²) >= 11 is 4.25. The standard InChI is InChI=1S/C8H11.BrH.Zn/c1-2-8-6-4-3-5-7-8;;/h1-2,6H,3-5,7H2;1H;/q-1;;+2/p-1. The maximum atomic E-state index is 5.31.